The van der Waals surface area contributed by atoms with Crippen LogP contribution < -0.4 is 0 Å². The van der Waals surface area contributed by atoms with Gasteiger partial charge in [0.05, 0.1) is 5.56 Å². The molecule has 1 aliphatic rings. The average molecular weight is 426 g/mol. The minimum absolute atomic E-state index is 0.0329. The van der Waals surface area contributed by atoms with Gasteiger partial charge >= 0.3 is 0 Å². The average Bonchev–Trinajstić information content (AvgIpc) is 2.76. The first-order chi connectivity index (χ1) is 15.0. The molecular formula is C27H26F4. The molecule has 0 bridgehead atoms. The van der Waals surface area contributed by atoms with Crippen LogP contribution >= 0.6 is 0 Å². The summed E-state index contributed by atoms with van der Waals surface area (Å²) in [4.78, 5) is 0. The number of halogens is 4. The van der Waals surface area contributed by atoms with Crippen molar-refractivity contribution in [1.82, 2.24) is 0 Å². The molecule has 31 heavy (non-hydrogen) atoms. The third kappa shape index (κ3) is 4.68. The molecule has 0 amide bonds. The second-order valence-corrected chi connectivity index (χ2v) is 8.57. The van der Waals surface area contributed by atoms with Crippen molar-refractivity contribution in [2.75, 3.05) is 0 Å². The Morgan fingerprint density at radius 3 is 1.81 bits per heavy atom. The number of hydrogen-bond donors (Lipinski definition) is 0. The molecule has 1 saturated carbocycles. The highest BCUT2D eigenvalue weighted by molar-refractivity contribution is 5.72. The van der Waals surface area contributed by atoms with Crippen LogP contribution in [-0.4, -0.2) is 0 Å². The van der Waals surface area contributed by atoms with E-state index in [1.54, 1.807) is 0 Å². The molecule has 0 aromatic heterocycles. The van der Waals surface area contributed by atoms with Gasteiger partial charge in [-0.15, -0.1) is 0 Å². The van der Waals surface area contributed by atoms with Gasteiger partial charge in [-0.3, -0.25) is 0 Å². The standard InChI is InChI=1S/C27H26F4/c1-2-3-17-4-6-18(7-5-17)19-8-10-20(11-9-19)22-15-25(30)27(26(31)16-22)21-12-13-23(28)24(29)14-21/h8-18H,2-7H2,1H3. The van der Waals surface area contributed by atoms with Crippen LogP contribution in [0.4, 0.5) is 17.6 Å². The van der Waals surface area contributed by atoms with Crippen molar-refractivity contribution in [3.8, 4) is 22.3 Å². The summed E-state index contributed by atoms with van der Waals surface area (Å²) in [6.45, 7) is 2.24. The summed E-state index contributed by atoms with van der Waals surface area (Å²) in [6, 6.07) is 13.2. The van der Waals surface area contributed by atoms with Crippen molar-refractivity contribution in [2.24, 2.45) is 5.92 Å². The van der Waals surface area contributed by atoms with Crippen LogP contribution in [0, 0.1) is 29.2 Å². The molecule has 3 aromatic rings. The smallest absolute Gasteiger partial charge is 0.159 e. The largest absolute Gasteiger partial charge is 0.206 e. The van der Waals surface area contributed by atoms with Crippen LogP contribution in [0.3, 0.4) is 0 Å². The fourth-order valence-electron chi connectivity index (χ4n) is 4.81. The van der Waals surface area contributed by atoms with E-state index in [0.717, 1.165) is 23.6 Å². The van der Waals surface area contributed by atoms with Gasteiger partial charge < -0.3 is 0 Å². The van der Waals surface area contributed by atoms with Gasteiger partial charge in [-0.05, 0) is 84.0 Å². The third-order valence-electron chi connectivity index (χ3n) is 6.51. The first kappa shape index (κ1) is 21.6. The lowest BCUT2D eigenvalue weighted by atomic mass is 9.77. The lowest BCUT2D eigenvalue weighted by Gasteiger charge is -2.28. The number of benzene rings is 3. The van der Waals surface area contributed by atoms with E-state index >= 15 is 0 Å². The van der Waals surface area contributed by atoms with Gasteiger partial charge in [0, 0.05) is 0 Å². The molecule has 0 radical (unpaired) electrons. The van der Waals surface area contributed by atoms with E-state index in [9.17, 15) is 17.6 Å². The fraction of sp³-hybridized carbons (Fsp3) is 0.333. The first-order valence-electron chi connectivity index (χ1n) is 11.0. The molecule has 0 saturated heterocycles. The van der Waals surface area contributed by atoms with Crippen LogP contribution in [-0.2, 0) is 0 Å². The van der Waals surface area contributed by atoms with Crippen LogP contribution in [0.1, 0.15) is 56.9 Å². The maximum Gasteiger partial charge on any atom is 0.159 e. The number of hydrogen-bond acceptors (Lipinski definition) is 0. The van der Waals surface area contributed by atoms with Crippen LogP contribution in [0.25, 0.3) is 22.3 Å². The van der Waals surface area contributed by atoms with Gasteiger partial charge in [-0.25, -0.2) is 17.6 Å². The fourth-order valence-corrected chi connectivity index (χ4v) is 4.81. The Labute approximate surface area is 180 Å². The van der Waals surface area contributed by atoms with E-state index in [1.165, 1.54) is 62.3 Å². The molecule has 0 atom stereocenters. The van der Waals surface area contributed by atoms with E-state index in [2.05, 4.69) is 19.1 Å². The molecule has 0 unspecified atom stereocenters. The maximum atomic E-state index is 14.7. The summed E-state index contributed by atoms with van der Waals surface area (Å²) < 4.78 is 56.1. The summed E-state index contributed by atoms with van der Waals surface area (Å²) in [5.41, 5.74) is 2.02. The molecular weight excluding hydrogens is 400 g/mol. The molecule has 4 heteroatoms. The van der Waals surface area contributed by atoms with Gasteiger partial charge in [0.25, 0.3) is 0 Å². The maximum absolute atomic E-state index is 14.7. The Balaban J connectivity index is 1.54. The SMILES string of the molecule is CCCC1CCC(c2ccc(-c3cc(F)c(-c4ccc(F)c(F)c4)c(F)c3)cc2)CC1. The highest BCUT2D eigenvalue weighted by atomic mass is 19.2. The Morgan fingerprint density at radius 1 is 0.645 bits per heavy atom. The summed E-state index contributed by atoms with van der Waals surface area (Å²) in [7, 11) is 0. The van der Waals surface area contributed by atoms with Gasteiger partial charge in [-0.2, -0.15) is 0 Å². The van der Waals surface area contributed by atoms with Crippen molar-refractivity contribution >= 4 is 0 Å². The first-order valence-corrected chi connectivity index (χ1v) is 11.0. The van der Waals surface area contributed by atoms with E-state index in [-0.39, 0.29) is 11.1 Å². The number of rotatable bonds is 5. The molecule has 1 aliphatic carbocycles. The molecule has 0 aliphatic heterocycles. The van der Waals surface area contributed by atoms with Crippen molar-refractivity contribution in [3.63, 3.8) is 0 Å². The zero-order valence-electron chi connectivity index (χ0n) is 17.6. The van der Waals surface area contributed by atoms with Crippen molar-refractivity contribution in [2.45, 2.75) is 51.4 Å². The summed E-state index contributed by atoms with van der Waals surface area (Å²) in [6.07, 6.45) is 7.46. The van der Waals surface area contributed by atoms with E-state index in [1.807, 2.05) is 12.1 Å². The predicted molar refractivity (Wildman–Crippen MR) is 117 cm³/mol. The zero-order valence-corrected chi connectivity index (χ0v) is 17.6. The molecule has 0 nitrogen and oxygen atoms in total. The minimum Gasteiger partial charge on any atom is -0.206 e. The Kier molecular flexibility index (Phi) is 6.45. The molecule has 162 valence electrons. The summed E-state index contributed by atoms with van der Waals surface area (Å²) in [5.74, 6) is -2.41. The molecule has 1 fully saturated rings. The Morgan fingerprint density at radius 2 is 1.23 bits per heavy atom. The summed E-state index contributed by atoms with van der Waals surface area (Å²) in [5, 5.41) is 0. The van der Waals surface area contributed by atoms with Gasteiger partial charge in [0.2, 0.25) is 0 Å². The molecule has 0 N–H and O–H groups in total. The normalized spacial score (nSPS) is 18.9. The molecule has 3 aromatic carbocycles. The molecule has 0 spiro atoms. The molecule has 4 rings (SSSR count). The van der Waals surface area contributed by atoms with Gasteiger partial charge in [0.15, 0.2) is 11.6 Å². The van der Waals surface area contributed by atoms with Crippen molar-refractivity contribution < 1.29 is 17.6 Å². The predicted octanol–water partition coefficient (Wildman–Crippen LogP) is 8.65. The monoisotopic (exact) mass is 426 g/mol. The molecule has 0 heterocycles. The zero-order chi connectivity index (χ0) is 22.0. The van der Waals surface area contributed by atoms with Crippen molar-refractivity contribution in [3.05, 3.63) is 83.4 Å². The topological polar surface area (TPSA) is 0 Å². The van der Waals surface area contributed by atoms with Crippen LogP contribution in [0.15, 0.2) is 54.6 Å². The van der Waals surface area contributed by atoms with Crippen molar-refractivity contribution in [1.29, 1.82) is 0 Å². The van der Waals surface area contributed by atoms with Gasteiger partial charge in [0.1, 0.15) is 11.6 Å². The lowest BCUT2D eigenvalue weighted by Crippen LogP contribution is -2.13. The van der Waals surface area contributed by atoms with Crippen LogP contribution in [0.5, 0.6) is 0 Å². The van der Waals surface area contributed by atoms with E-state index in [4.69, 9.17) is 0 Å². The minimum atomic E-state index is -1.14. The highest BCUT2D eigenvalue weighted by Crippen LogP contribution is 2.38. The second-order valence-electron chi connectivity index (χ2n) is 8.57. The highest BCUT2D eigenvalue weighted by Gasteiger charge is 2.22. The van der Waals surface area contributed by atoms with E-state index < -0.39 is 23.3 Å². The quantitative estimate of drug-likeness (QED) is 0.358. The van der Waals surface area contributed by atoms with Gasteiger partial charge in [-0.1, -0.05) is 50.1 Å². The lowest BCUT2D eigenvalue weighted by molar-refractivity contribution is 0.308. The Hall–Kier alpha value is -2.62. The Bertz CT molecular complexity index is 1020. The second kappa shape index (κ2) is 9.25. The van der Waals surface area contributed by atoms with Crippen LogP contribution in [0.2, 0.25) is 0 Å². The summed E-state index contributed by atoms with van der Waals surface area (Å²) >= 11 is 0. The van der Waals surface area contributed by atoms with E-state index in [0.29, 0.717) is 11.5 Å². The third-order valence-corrected chi connectivity index (χ3v) is 6.51.